The number of allylic oxidation sites excluding steroid dienone is 4. The molecule has 0 unspecified atom stereocenters. The van der Waals surface area contributed by atoms with Crippen LogP contribution in [0.5, 0.6) is 11.5 Å². The smallest absolute Gasteiger partial charge is 0.545 e. The van der Waals surface area contributed by atoms with Gasteiger partial charge < -0.3 is 19.7 Å². The Labute approximate surface area is 228 Å². The SMILES string of the molecule is COc1c(CC=C(C)C)c(O)c(C(=O)[O-])c(CCc2ccccc2)c1CC=C(C)C.[K+]. The van der Waals surface area contributed by atoms with Crippen LogP contribution in [0, 0.1) is 0 Å². The molecule has 0 amide bonds. The molecule has 0 aromatic heterocycles. The molecule has 0 heterocycles. The van der Waals surface area contributed by atoms with Crippen molar-refractivity contribution in [1.29, 1.82) is 0 Å². The van der Waals surface area contributed by atoms with Gasteiger partial charge in [-0.25, -0.2) is 0 Å². The number of carbonyl (C=O) groups is 1. The summed E-state index contributed by atoms with van der Waals surface area (Å²) in [7, 11) is 1.56. The number of phenols is 1. The number of hydrogen-bond acceptors (Lipinski definition) is 4. The maximum absolute atomic E-state index is 12.1. The van der Waals surface area contributed by atoms with Crippen molar-refractivity contribution in [2.45, 2.75) is 53.4 Å². The Balaban J connectivity index is 0.00000480. The maximum Gasteiger partial charge on any atom is 1.00 e. The van der Waals surface area contributed by atoms with Gasteiger partial charge in [-0.3, -0.25) is 0 Å². The first-order valence-corrected chi connectivity index (χ1v) is 10.2. The van der Waals surface area contributed by atoms with E-state index in [4.69, 9.17) is 4.74 Å². The van der Waals surface area contributed by atoms with Crippen LogP contribution >= 0.6 is 0 Å². The van der Waals surface area contributed by atoms with Gasteiger partial charge >= 0.3 is 51.4 Å². The number of methoxy groups -OCH3 is 1. The van der Waals surface area contributed by atoms with E-state index in [-0.39, 0.29) is 62.7 Å². The molecule has 5 heteroatoms. The predicted molar refractivity (Wildman–Crippen MR) is 119 cm³/mol. The number of carbonyl (C=O) groups excluding carboxylic acids is 1. The van der Waals surface area contributed by atoms with Crippen molar-refractivity contribution in [3.63, 3.8) is 0 Å². The third-order valence-electron chi connectivity index (χ3n) is 5.08. The summed E-state index contributed by atoms with van der Waals surface area (Å²) < 4.78 is 5.72. The van der Waals surface area contributed by atoms with Gasteiger partial charge in [0.2, 0.25) is 0 Å². The Kier molecular flexibility index (Phi) is 11.8. The van der Waals surface area contributed by atoms with Crippen molar-refractivity contribution in [2.24, 2.45) is 0 Å². The molecule has 2 aromatic carbocycles. The minimum Gasteiger partial charge on any atom is -0.545 e. The van der Waals surface area contributed by atoms with Crippen LogP contribution in [0.3, 0.4) is 0 Å². The molecular formula is C26H31KO4. The summed E-state index contributed by atoms with van der Waals surface area (Å²) in [5, 5.41) is 23.0. The van der Waals surface area contributed by atoms with E-state index in [0.717, 1.165) is 22.3 Å². The third kappa shape index (κ3) is 7.61. The number of hydrogen-bond donors (Lipinski definition) is 1. The molecule has 0 aliphatic carbocycles. The Morgan fingerprint density at radius 3 is 1.97 bits per heavy atom. The van der Waals surface area contributed by atoms with Crippen molar-refractivity contribution in [3.05, 3.63) is 81.4 Å². The normalized spacial score (nSPS) is 10.1. The molecule has 160 valence electrons. The molecule has 0 bridgehead atoms. The summed E-state index contributed by atoms with van der Waals surface area (Å²) in [4.78, 5) is 12.1. The van der Waals surface area contributed by atoms with Crippen LogP contribution in [0.4, 0.5) is 0 Å². The van der Waals surface area contributed by atoms with Gasteiger partial charge in [0.1, 0.15) is 11.5 Å². The fraction of sp³-hybridized carbons (Fsp3) is 0.346. The van der Waals surface area contributed by atoms with Crippen molar-refractivity contribution in [3.8, 4) is 11.5 Å². The number of rotatable bonds is 9. The average molecular weight is 447 g/mol. The van der Waals surface area contributed by atoms with Crippen LogP contribution in [0.15, 0.2) is 53.6 Å². The van der Waals surface area contributed by atoms with Crippen molar-refractivity contribution < 1.29 is 71.1 Å². The molecular weight excluding hydrogens is 415 g/mol. The topological polar surface area (TPSA) is 69.6 Å². The molecule has 4 nitrogen and oxygen atoms in total. The molecule has 0 atom stereocenters. The number of carboxylic acid groups (broad SMARTS) is 1. The van der Waals surface area contributed by atoms with E-state index < -0.39 is 5.97 Å². The number of ether oxygens (including phenoxy) is 1. The molecule has 2 aromatic rings. The minimum atomic E-state index is -1.37. The second kappa shape index (κ2) is 13.2. The molecule has 0 radical (unpaired) electrons. The fourth-order valence-corrected chi connectivity index (χ4v) is 3.55. The van der Waals surface area contributed by atoms with Crippen LogP contribution < -0.4 is 61.2 Å². The van der Waals surface area contributed by atoms with E-state index in [1.165, 1.54) is 0 Å². The second-order valence-corrected chi connectivity index (χ2v) is 7.94. The van der Waals surface area contributed by atoms with Gasteiger partial charge in [-0.1, -0.05) is 53.6 Å². The van der Waals surface area contributed by atoms with Crippen LogP contribution in [0.1, 0.15) is 60.3 Å². The maximum atomic E-state index is 12.1. The standard InChI is InChI=1S/C26H32O4.K/c1-17(2)11-14-21-20(16-13-19-9-7-6-8-10-19)23(26(28)29)24(27)22(25(21)30-5)15-12-18(3)4;/h6-12,27H,13-16H2,1-5H3,(H,28,29);/q;+1/p-1. The molecule has 0 aliphatic heterocycles. The zero-order valence-electron chi connectivity index (χ0n) is 19.5. The molecule has 0 fully saturated rings. The minimum absolute atomic E-state index is 0. The summed E-state index contributed by atoms with van der Waals surface area (Å²) in [5.74, 6) is -1.07. The van der Waals surface area contributed by atoms with Gasteiger partial charge in [0.25, 0.3) is 0 Å². The van der Waals surface area contributed by atoms with E-state index in [1.807, 2.05) is 70.2 Å². The van der Waals surface area contributed by atoms with E-state index in [9.17, 15) is 15.0 Å². The van der Waals surface area contributed by atoms with Gasteiger partial charge in [-0.2, -0.15) is 0 Å². The van der Waals surface area contributed by atoms with Gasteiger partial charge in [-0.05, 0) is 64.5 Å². The molecule has 1 N–H and O–H groups in total. The van der Waals surface area contributed by atoms with E-state index in [1.54, 1.807) is 7.11 Å². The van der Waals surface area contributed by atoms with Gasteiger partial charge in [-0.15, -0.1) is 0 Å². The number of aromatic hydroxyl groups is 1. The summed E-state index contributed by atoms with van der Waals surface area (Å²) in [6.07, 6.45) is 6.02. The van der Waals surface area contributed by atoms with Crippen molar-refractivity contribution in [1.82, 2.24) is 0 Å². The Bertz CT molecular complexity index is 951. The Morgan fingerprint density at radius 2 is 1.48 bits per heavy atom. The van der Waals surface area contributed by atoms with Gasteiger partial charge in [0, 0.05) is 16.7 Å². The van der Waals surface area contributed by atoms with Gasteiger partial charge in [0.05, 0.1) is 13.1 Å². The predicted octanol–water partition coefficient (Wildman–Crippen LogP) is 1.57. The average Bonchev–Trinajstić information content (AvgIpc) is 2.69. The van der Waals surface area contributed by atoms with E-state index >= 15 is 0 Å². The van der Waals surface area contributed by atoms with Crippen LogP contribution in [-0.4, -0.2) is 18.2 Å². The summed E-state index contributed by atoms with van der Waals surface area (Å²) in [5.41, 5.74) is 5.03. The summed E-state index contributed by atoms with van der Waals surface area (Å²) >= 11 is 0. The van der Waals surface area contributed by atoms with E-state index in [2.05, 4.69) is 0 Å². The molecule has 0 aliphatic rings. The van der Waals surface area contributed by atoms with Crippen LogP contribution in [-0.2, 0) is 25.7 Å². The molecule has 0 saturated heterocycles. The molecule has 0 saturated carbocycles. The first-order valence-electron chi connectivity index (χ1n) is 10.2. The molecule has 31 heavy (non-hydrogen) atoms. The quantitative estimate of drug-likeness (QED) is 0.469. The van der Waals surface area contributed by atoms with E-state index in [0.29, 0.717) is 42.6 Å². The molecule has 0 spiro atoms. The fourth-order valence-electron chi connectivity index (χ4n) is 3.55. The number of aryl methyl sites for hydroxylation is 1. The zero-order valence-corrected chi connectivity index (χ0v) is 22.7. The Hall–Kier alpha value is -1.37. The first-order chi connectivity index (χ1) is 14.3. The first kappa shape index (κ1) is 27.7. The number of benzene rings is 2. The van der Waals surface area contributed by atoms with Crippen molar-refractivity contribution in [2.75, 3.05) is 7.11 Å². The van der Waals surface area contributed by atoms with Crippen LogP contribution in [0.2, 0.25) is 0 Å². The Morgan fingerprint density at radius 1 is 0.935 bits per heavy atom. The monoisotopic (exact) mass is 446 g/mol. The summed E-state index contributed by atoms with van der Waals surface area (Å²) in [6, 6.07) is 9.88. The molecule has 2 rings (SSSR count). The van der Waals surface area contributed by atoms with Crippen LogP contribution in [0.25, 0.3) is 0 Å². The number of carboxylic acids is 1. The van der Waals surface area contributed by atoms with Crippen molar-refractivity contribution >= 4 is 5.97 Å². The zero-order chi connectivity index (χ0) is 22.3. The number of aromatic carboxylic acids is 1. The second-order valence-electron chi connectivity index (χ2n) is 7.94. The third-order valence-corrected chi connectivity index (χ3v) is 5.08. The van der Waals surface area contributed by atoms with Gasteiger partial charge in [0.15, 0.2) is 0 Å². The summed E-state index contributed by atoms with van der Waals surface area (Å²) in [6.45, 7) is 7.92. The largest absolute Gasteiger partial charge is 1.00 e.